The number of likely N-dealkylation sites (N-methyl/N-ethyl adjacent to an activating group) is 1. The zero-order valence-electron chi connectivity index (χ0n) is 6.67. The van der Waals surface area contributed by atoms with E-state index in [0.717, 1.165) is 13.0 Å². The van der Waals surface area contributed by atoms with Crippen LogP contribution in [0.2, 0.25) is 0 Å². The SMILES string of the molecule is CC1N(C)CCC1(O)CN. The van der Waals surface area contributed by atoms with E-state index in [9.17, 15) is 5.11 Å². The lowest BCUT2D eigenvalue weighted by Gasteiger charge is -2.27. The third-order valence-corrected chi connectivity index (χ3v) is 2.69. The number of nitrogens with two attached hydrogens (primary N) is 1. The second kappa shape index (κ2) is 2.49. The Morgan fingerprint density at radius 3 is 2.60 bits per heavy atom. The van der Waals surface area contributed by atoms with E-state index in [4.69, 9.17) is 5.73 Å². The predicted molar refractivity (Wildman–Crippen MR) is 40.7 cm³/mol. The van der Waals surface area contributed by atoms with E-state index in [1.54, 1.807) is 0 Å². The Balaban J connectivity index is 2.64. The van der Waals surface area contributed by atoms with Gasteiger partial charge in [-0.1, -0.05) is 0 Å². The molecule has 0 spiro atoms. The van der Waals surface area contributed by atoms with Crippen molar-refractivity contribution in [1.29, 1.82) is 0 Å². The minimum absolute atomic E-state index is 0.206. The molecule has 10 heavy (non-hydrogen) atoms. The van der Waals surface area contributed by atoms with Crippen molar-refractivity contribution in [3.05, 3.63) is 0 Å². The Morgan fingerprint density at radius 2 is 2.40 bits per heavy atom. The summed E-state index contributed by atoms with van der Waals surface area (Å²) in [5.74, 6) is 0. The highest BCUT2D eigenvalue weighted by Gasteiger charge is 2.40. The molecule has 0 aromatic rings. The number of likely N-dealkylation sites (tertiary alicyclic amines) is 1. The Kier molecular flexibility index (Phi) is 1.99. The summed E-state index contributed by atoms with van der Waals surface area (Å²) in [4.78, 5) is 2.13. The first-order valence-corrected chi connectivity index (χ1v) is 3.73. The fourth-order valence-electron chi connectivity index (χ4n) is 1.46. The minimum atomic E-state index is -0.630. The summed E-state index contributed by atoms with van der Waals surface area (Å²) in [7, 11) is 2.01. The molecule has 0 aromatic carbocycles. The molecule has 1 heterocycles. The van der Waals surface area contributed by atoms with Crippen LogP contribution in [0.15, 0.2) is 0 Å². The van der Waals surface area contributed by atoms with Crippen LogP contribution in [-0.4, -0.2) is 41.8 Å². The molecular weight excluding hydrogens is 128 g/mol. The lowest BCUT2D eigenvalue weighted by atomic mass is 9.96. The first-order valence-electron chi connectivity index (χ1n) is 3.73. The average molecular weight is 144 g/mol. The topological polar surface area (TPSA) is 49.5 Å². The van der Waals surface area contributed by atoms with E-state index in [1.165, 1.54) is 0 Å². The second-order valence-electron chi connectivity index (χ2n) is 3.21. The predicted octanol–water partition coefficient (Wildman–Crippen LogP) is -0.600. The van der Waals surface area contributed by atoms with Crippen LogP contribution in [0.3, 0.4) is 0 Å². The summed E-state index contributed by atoms with van der Waals surface area (Å²) in [6.45, 7) is 3.34. The van der Waals surface area contributed by atoms with Crippen molar-refractivity contribution < 1.29 is 5.11 Å². The van der Waals surface area contributed by atoms with Gasteiger partial charge < -0.3 is 15.7 Å². The number of rotatable bonds is 1. The quantitative estimate of drug-likeness (QED) is 0.516. The van der Waals surface area contributed by atoms with E-state index < -0.39 is 5.60 Å². The van der Waals surface area contributed by atoms with Gasteiger partial charge in [-0.2, -0.15) is 0 Å². The Morgan fingerprint density at radius 1 is 1.80 bits per heavy atom. The standard InChI is InChI=1S/C7H16N2O/c1-6-7(10,5-8)3-4-9(6)2/h6,10H,3-5,8H2,1-2H3. The van der Waals surface area contributed by atoms with Crippen LogP contribution >= 0.6 is 0 Å². The molecule has 1 saturated heterocycles. The molecule has 2 unspecified atom stereocenters. The largest absolute Gasteiger partial charge is 0.387 e. The van der Waals surface area contributed by atoms with Crippen LogP contribution in [0, 0.1) is 0 Å². The highest BCUT2D eigenvalue weighted by atomic mass is 16.3. The summed E-state index contributed by atoms with van der Waals surface area (Å²) in [5.41, 5.74) is 4.81. The summed E-state index contributed by atoms with van der Waals surface area (Å²) >= 11 is 0. The molecule has 0 bridgehead atoms. The Labute approximate surface area is 61.8 Å². The molecular formula is C7H16N2O. The summed E-state index contributed by atoms with van der Waals surface area (Å²) in [6.07, 6.45) is 0.807. The first-order chi connectivity index (χ1) is 4.60. The highest BCUT2D eigenvalue weighted by Crippen LogP contribution is 2.25. The van der Waals surface area contributed by atoms with Crippen LogP contribution in [0.5, 0.6) is 0 Å². The summed E-state index contributed by atoms with van der Waals surface area (Å²) in [6, 6.07) is 0.206. The highest BCUT2D eigenvalue weighted by molar-refractivity contribution is 4.96. The van der Waals surface area contributed by atoms with Gasteiger partial charge in [-0.25, -0.2) is 0 Å². The lowest BCUT2D eigenvalue weighted by molar-refractivity contribution is 0.0237. The van der Waals surface area contributed by atoms with Gasteiger partial charge in [-0.15, -0.1) is 0 Å². The molecule has 1 rings (SSSR count). The number of hydrogen-bond acceptors (Lipinski definition) is 3. The molecule has 1 aliphatic rings. The lowest BCUT2D eigenvalue weighted by Crippen LogP contribution is -2.46. The van der Waals surface area contributed by atoms with Gasteiger partial charge in [0, 0.05) is 19.1 Å². The van der Waals surface area contributed by atoms with Crippen molar-refractivity contribution in [3.63, 3.8) is 0 Å². The van der Waals surface area contributed by atoms with Gasteiger partial charge in [0.25, 0.3) is 0 Å². The maximum Gasteiger partial charge on any atom is 0.0932 e. The van der Waals surface area contributed by atoms with Crippen LogP contribution in [0.4, 0.5) is 0 Å². The fourth-order valence-corrected chi connectivity index (χ4v) is 1.46. The van der Waals surface area contributed by atoms with E-state index in [-0.39, 0.29) is 6.04 Å². The fraction of sp³-hybridized carbons (Fsp3) is 1.00. The van der Waals surface area contributed by atoms with Crippen LogP contribution in [0.1, 0.15) is 13.3 Å². The van der Waals surface area contributed by atoms with E-state index in [2.05, 4.69) is 4.90 Å². The molecule has 0 aliphatic carbocycles. The van der Waals surface area contributed by atoms with Gasteiger partial charge in [-0.05, 0) is 20.4 Å². The zero-order valence-corrected chi connectivity index (χ0v) is 6.67. The molecule has 3 heteroatoms. The van der Waals surface area contributed by atoms with Crippen LogP contribution in [0.25, 0.3) is 0 Å². The first kappa shape index (κ1) is 7.98. The van der Waals surface area contributed by atoms with Crippen LogP contribution < -0.4 is 5.73 Å². The van der Waals surface area contributed by atoms with Gasteiger partial charge in [0.15, 0.2) is 0 Å². The monoisotopic (exact) mass is 144 g/mol. The molecule has 0 amide bonds. The molecule has 3 N–H and O–H groups in total. The smallest absolute Gasteiger partial charge is 0.0932 e. The second-order valence-corrected chi connectivity index (χ2v) is 3.21. The third kappa shape index (κ3) is 1.05. The molecule has 0 radical (unpaired) electrons. The summed E-state index contributed by atoms with van der Waals surface area (Å²) in [5, 5.41) is 9.77. The van der Waals surface area contributed by atoms with Crippen molar-refractivity contribution in [2.75, 3.05) is 20.1 Å². The number of nitrogens with zero attached hydrogens (tertiary/aromatic N) is 1. The number of hydrogen-bond donors (Lipinski definition) is 2. The van der Waals surface area contributed by atoms with E-state index in [0.29, 0.717) is 6.54 Å². The maximum atomic E-state index is 9.77. The van der Waals surface area contributed by atoms with E-state index in [1.807, 2.05) is 14.0 Å². The number of aliphatic hydroxyl groups is 1. The maximum absolute atomic E-state index is 9.77. The van der Waals surface area contributed by atoms with E-state index >= 15 is 0 Å². The molecule has 3 nitrogen and oxygen atoms in total. The van der Waals surface area contributed by atoms with Crippen molar-refractivity contribution in [2.45, 2.75) is 25.0 Å². The summed E-state index contributed by atoms with van der Waals surface area (Å²) < 4.78 is 0. The van der Waals surface area contributed by atoms with Crippen molar-refractivity contribution in [2.24, 2.45) is 5.73 Å². The normalized spacial score (nSPS) is 42.6. The Bertz CT molecular complexity index is 129. The molecule has 1 fully saturated rings. The van der Waals surface area contributed by atoms with Crippen LogP contribution in [-0.2, 0) is 0 Å². The van der Waals surface area contributed by atoms with Gasteiger partial charge in [0.2, 0.25) is 0 Å². The zero-order chi connectivity index (χ0) is 7.78. The molecule has 1 aliphatic heterocycles. The van der Waals surface area contributed by atoms with Gasteiger partial charge >= 0.3 is 0 Å². The van der Waals surface area contributed by atoms with Crippen molar-refractivity contribution >= 4 is 0 Å². The van der Waals surface area contributed by atoms with Gasteiger partial charge in [0.05, 0.1) is 5.60 Å². The average Bonchev–Trinajstić information content (AvgIpc) is 2.19. The van der Waals surface area contributed by atoms with Crippen molar-refractivity contribution in [3.8, 4) is 0 Å². The molecule has 60 valence electrons. The minimum Gasteiger partial charge on any atom is -0.387 e. The van der Waals surface area contributed by atoms with Crippen molar-refractivity contribution in [1.82, 2.24) is 4.90 Å². The van der Waals surface area contributed by atoms with Gasteiger partial charge in [-0.3, -0.25) is 0 Å². The Hall–Kier alpha value is -0.120. The molecule has 0 aromatic heterocycles. The van der Waals surface area contributed by atoms with Gasteiger partial charge in [0.1, 0.15) is 0 Å². The molecule has 2 atom stereocenters. The third-order valence-electron chi connectivity index (χ3n) is 2.69. The molecule has 0 saturated carbocycles.